The van der Waals surface area contributed by atoms with Crippen molar-refractivity contribution in [3.05, 3.63) is 64.2 Å². The third kappa shape index (κ3) is 2.21. The van der Waals surface area contributed by atoms with Crippen LogP contribution in [0.2, 0.25) is 5.02 Å². The van der Waals surface area contributed by atoms with Crippen molar-refractivity contribution in [3.63, 3.8) is 0 Å². The highest BCUT2D eigenvalue weighted by Gasteiger charge is 2.47. The molecule has 2 aromatic rings. The summed E-state index contributed by atoms with van der Waals surface area (Å²) in [5.74, 6) is -0.893. The number of carbonyl (C=O) groups excluding carboxylic acids is 2. The molecule has 0 spiro atoms. The number of fused-ring (bicyclic) bond motifs is 1. The number of amides is 1. The number of ketones is 1. The average Bonchev–Trinajstić information content (AvgIpc) is 2.76. The Labute approximate surface area is 132 Å². The van der Waals surface area contributed by atoms with Gasteiger partial charge in [0.2, 0.25) is 0 Å². The van der Waals surface area contributed by atoms with Crippen LogP contribution in [0.1, 0.15) is 27.9 Å². The monoisotopic (exact) mass is 315 g/mol. The number of benzene rings is 2. The van der Waals surface area contributed by atoms with E-state index in [2.05, 4.69) is 5.32 Å². The first-order chi connectivity index (χ1) is 10.4. The number of hydrogen-bond donors (Lipinski definition) is 2. The predicted molar refractivity (Wildman–Crippen MR) is 84.1 cm³/mol. The molecule has 0 fully saturated rings. The van der Waals surface area contributed by atoms with Gasteiger partial charge in [-0.1, -0.05) is 48.0 Å². The van der Waals surface area contributed by atoms with E-state index in [4.69, 9.17) is 11.6 Å². The van der Waals surface area contributed by atoms with Gasteiger partial charge in [-0.05, 0) is 18.6 Å². The molecule has 4 nitrogen and oxygen atoms in total. The maximum absolute atomic E-state index is 12.3. The fourth-order valence-corrected chi connectivity index (χ4v) is 2.82. The van der Waals surface area contributed by atoms with E-state index in [1.165, 1.54) is 0 Å². The summed E-state index contributed by atoms with van der Waals surface area (Å²) in [7, 11) is 0. The molecule has 1 atom stereocenters. The van der Waals surface area contributed by atoms with Crippen molar-refractivity contribution in [1.29, 1.82) is 0 Å². The van der Waals surface area contributed by atoms with E-state index in [9.17, 15) is 14.7 Å². The number of aliphatic hydroxyl groups is 1. The highest BCUT2D eigenvalue weighted by atomic mass is 35.5. The molecule has 0 aromatic heterocycles. The normalized spacial score (nSPS) is 19.7. The number of Topliss-reactive ketones (excluding diaryl/α,β-unsaturated/α-hetero) is 1. The van der Waals surface area contributed by atoms with Gasteiger partial charge in [0.25, 0.3) is 5.91 Å². The van der Waals surface area contributed by atoms with Gasteiger partial charge in [0.1, 0.15) is 0 Å². The lowest BCUT2D eigenvalue weighted by atomic mass is 9.87. The SMILES string of the molecule is Cc1c(Cl)ccc2c1NC(=O)[C@]2(O)CC(=O)c1ccccc1. The molecule has 0 saturated carbocycles. The van der Waals surface area contributed by atoms with E-state index in [0.717, 1.165) is 0 Å². The van der Waals surface area contributed by atoms with Gasteiger partial charge < -0.3 is 10.4 Å². The summed E-state index contributed by atoms with van der Waals surface area (Å²) in [5, 5.41) is 13.9. The van der Waals surface area contributed by atoms with Crippen LogP contribution in [0.5, 0.6) is 0 Å². The van der Waals surface area contributed by atoms with Crippen LogP contribution in [0.3, 0.4) is 0 Å². The Morgan fingerprint density at radius 1 is 1.23 bits per heavy atom. The molecule has 3 rings (SSSR count). The third-order valence-electron chi connectivity index (χ3n) is 3.97. The molecule has 1 aliphatic heterocycles. The summed E-state index contributed by atoms with van der Waals surface area (Å²) in [6.45, 7) is 1.76. The minimum Gasteiger partial charge on any atom is -0.375 e. The van der Waals surface area contributed by atoms with Crippen molar-refractivity contribution < 1.29 is 14.7 Å². The van der Waals surface area contributed by atoms with E-state index >= 15 is 0 Å². The van der Waals surface area contributed by atoms with E-state index in [1.54, 1.807) is 49.4 Å². The number of halogens is 1. The van der Waals surface area contributed by atoms with Crippen molar-refractivity contribution in [2.45, 2.75) is 18.9 Å². The van der Waals surface area contributed by atoms with Gasteiger partial charge >= 0.3 is 0 Å². The van der Waals surface area contributed by atoms with Crippen LogP contribution in [0, 0.1) is 6.92 Å². The van der Waals surface area contributed by atoms with Gasteiger partial charge in [-0.15, -0.1) is 0 Å². The Balaban J connectivity index is 1.99. The quantitative estimate of drug-likeness (QED) is 0.855. The molecule has 112 valence electrons. The molecule has 0 bridgehead atoms. The molecule has 0 saturated heterocycles. The predicted octanol–water partition coefficient (Wildman–Crippen LogP) is 3.06. The van der Waals surface area contributed by atoms with E-state index in [1.807, 2.05) is 0 Å². The van der Waals surface area contributed by atoms with Crippen molar-refractivity contribution in [1.82, 2.24) is 0 Å². The maximum Gasteiger partial charge on any atom is 0.261 e. The lowest BCUT2D eigenvalue weighted by Gasteiger charge is -2.20. The Morgan fingerprint density at radius 3 is 2.59 bits per heavy atom. The van der Waals surface area contributed by atoms with Gasteiger partial charge in [-0.25, -0.2) is 0 Å². The second-order valence-corrected chi connectivity index (χ2v) is 5.78. The first kappa shape index (κ1) is 14.8. The molecule has 1 aliphatic rings. The van der Waals surface area contributed by atoms with Crippen LogP contribution in [0.4, 0.5) is 5.69 Å². The van der Waals surface area contributed by atoms with Gasteiger partial charge in [0, 0.05) is 16.1 Å². The smallest absolute Gasteiger partial charge is 0.261 e. The van der Waals surface area contributed by atoms with Crippen LogP contribution in [0.25, 0.3) is 0 Å². The third-order valence-corrected chi connectivity index (χ3v) is 4.38. The van der Waals surface area contributed by atoms with Gasteiger partial charge in [-0.2, -0.15) is 0 Å². The number of anilines is 1. The van der Waals surface area contributed by atoms with Crippen LogP contribution < -0.4 is 5.32 Å². The molecule has 2 N–H and O–H groups in total. The summed E-state index contributed by atoms with van der Waals surface area (Å²) in [6.07, 6.45) is -0.309. The maximum atomic E-state index is 12.3. The van der Waals surface area contributed by atoms with Crippen molar-refractivity contribution in [3.8, 4) is 0 Å². The highest BCUT2D eigenvalue weighted by Crippen LogP contribution is 2.42. The number of nitrogens with one attached hydrogen (secondary N) is 1. The molecule has 1 amide bonds. The molecule has 2 aromatic carbocycles. The van der Waals surface area contributed by atoms with Crippen molar-refractivity contribution >= 4 is 29.0 Å². The Bertz CT molecular complexity index is 773. The average molecular weight is 316 g/mol. The second kappa shape index (κ2) is 5.23. The molecular weight excluding hydrogens is 302 g/mol. The van der Waals surface area contributed by atoms with Crippen LogP contribution in [0.15, 0.2) is 42.5 Å². The molecular formula is C17H14ClNO3. The minimum absolute atomic E-state index is 0.293. The van der Waals surface area contributed by atoms with Gasteiger partial charge in [0.05, 0.1) is 12.1 Å². The summed E-state index contributed by atoms with van der Waals surface area (Å²) in [6, 6.07) is 11.8. The Kier molecular flexibility index (Phi) is 3.51. The Morgan fingerprint density at radius 2 is 1.91 bits per heavy atom. The van der Waals surface area contributed by atoms with Crippen LogP contribution in [-0.2, 0) is 10.4 Å². The van der Waals surface area contributed by atoms with E-state index < -0.39 is 11.5 Å². The lowest BCUT2D eigenvalue weighted by Crippen LogP contribution is -2.36. The fraction of sp³-hybridized carbons (Fsp3) is 0.176. The standard InChI is InChI=1S/C17H14ClNO3/c1-10-13(18)8-7-12-15(10)19-16(21)17(12,22)9-14(20)11-5-3-2-4-6-11/h2-8,22H,9H2,1H3,(H,19,21)/t17-/m0/s1. The molecule has 22 heavy (non-hydrogen) atoms. The fourth-order valence-electron chi connectivity index (χ4n) is 2.67. The molecule has 0 aliphatic carbocycles. The van der Waals surface area contributed by atoms with Crippen LogP contribution >= 0.6 is 11.6 Å². The minimum atomic E-state index is -1.86. The number of hydrogen-bond acceptors (Lipinski definition) is 3. The van der Waals surface area contributed by atoms with Crippen LogP contribution in [-0.4, -0.2) is 16.8 Å². The van der Waals surface area contributed by atoms with Gasteiger partial charge in [-0.3, -0.25) is 9.59 Å². The second-order valence-electron chi connectivity index (χ2n) is 5.38. The zero-order chi connectivity index (χ0) is 15.9. The molecule has 0 radical (unpaired) electrons. The van der Waals surface area contributed by atoms with E-state index in [-0.39, 0.29) is 12.2 Å². The topological polar surface area (TPSA) is 66.4 Å². The number of carbonyl (C=O) groups is 2. The molecule has 0 unspecified atom stereocenters. The van der Waals surface area contributed by atoms with Crippen molar-refractivity contribution in [2.24, 2.45) is 0 Å². The molecule has 1 heterocycles. The molecule has 5 heteroatoms. The largest absolute Gasteiger partial charge is 0.375 e. The lowest BCUT2D eigenvalue weighted by molar-refractivity contribution is -0.133. The number of rotatable bonds is 3. The zero-order valence-corrected chi connectivity index (χ0v) is 12.6. The summed E-state index contributed by atoms with van der Waals surface area (Å²) in [5.41, 5.74) is 0.153. The first-order valence-corrected chi connectivity index (χ1v) is 7.23. The first-order valence-electron chi connectivity index (χ1n) is 6.85. The Hall–Kier alpha value is -2.17. The van der Waals surface area contributed by atoms with Crippen molar-refractivity contribution in [2.75, 3.05) is 5.32 Å². The summed E-state index contributed by atoms with van der Waals surface area (Å²) < 4.78 is 0. The summed E-state index contributed by atoms with van der Waals surface area (Å²) >= 11 is 6.03. The highest BCUT2D eigenvalue weighted by molar-refractivity contribution is 6.32. The zero-order valence-electron chi connectivity index (χ0n) is 11.9. The van der Waals surface area contributed by atoms with Gasteiger partial charge in [0.15, 0.2) is 11.4 Å². The van der Waals surface area contributed by atoms with E-state index in [0.29, 0.717) is 27.4 Å². The summed E-state index contributed by atoms with van der Waals surface area (Å²) in [4.78, 5) is 24.6.